The van der Waals surface area contributed by atoms with Crippen LogP contribution in [0, 0.1) is 6.92 Å². The van der Waals surface area contributed by atoms with E-state index >= 15 is 0 Å². The van der Waals surface area contributed by atoms with Crippen molar-refractivity contribution >= 4 is 11.5 Å². The van der Waals surface area contributed by atoms with E-state index < -0.39 is 0 Å². The van der Waals surface area contributed by atoms with E-state index in [9.17, 15) is 0 Å². The van der Waals surface area contributed by atoms with E-state index in [0.717, 1.165) is 35.8 Å². The van der Waals surface area contributed by atoms with Gasteiger partial charge in [0.25, 0.3) is 0 Å². The lowest BCUT2D eigenvalue weighted by molar-refractivity contribution is 0.259. The fourth-order valence-corrected chi connectivity index (χ4v) is 3.31. The monoisotopic (exact) mass is 275 g/mol. The Balaban J connectivity index is 1.80. The minimum Gasteiger partial charge on any atom is -0.493 e. The summed E-state index contributed by atoms with van der Waals surface area (Å²) in [6, 6.07) is 8.26. The minimum absolute atomic E-state index is 0.0103. The van der Waals surface area contributed by atoms with Crippen LogP contribution in [0.2, 0.25) is 0 Å². The Morgan fingerprint density at radius 1 is 1.47 bits per heavy atom. The second-order valence-electron chi connectivity index (χ2n) is 4.94. The van der Waals surface area contributed by atoms with Gasteiger partial charge >= 0.3 is 0 Å². The van der Waals surface area contributed by atoms with Crippen LogP contribution in [0.5, 0.6) is 5.75 Å². The molecule has 0 spiro atoms. The third-order valence-electron chi connectivity index (χ3n) is 3.64. The Morgan fingerprint density at radius 3 is 3.11 bits per heavy atom. The van der Waals surface area contributed by atoms with Gasteiger partial charge in [0, 0.05) is 6.04 Å². The summed E-state index contributed by atoms with van der Waals surface area (Å²) >= 11 is 1.41. The maximum Gasteiger partial charge on any atom is 0.122 e. The zero-order valence-electron chi connectivity index (χ0n) is 10.9. The number of para-hydroxylation sites is 1. The number of nitrogens with zero attached hydrogens (tertiary/aromatic N) is 2. The Kier molecular flexibility index (Phi) is 3.48. The average molecular weight is 275 g/mol. The maximum atomic E-state index is 6.32. The van der Waals surface area contributed by atoms with Crippen molar-refractivity contribution in [2.24, 2.45) is 5.73 Å². The maximum absolute atomic E-state index is 6.32. The molecule has 1 aromatic carbocycles. The molecule has 4 nitrogen and oxygen atoms in total. The Labute approximate surface area is 116 Å². The largest absolute Gasteiger partial charge is 0.493 e. The highest BCUT2D eigenvalue weighted by Gasteiger charge is 2.25. The summed E-state index contributed by atoms with van der Waals surface area (Å²) in [5.41, 5.74) is 8.55. The fourth-order valence-electron chi connectivity index (χ4n) is 2.65. The molecule has 19 heavy (non-hydrogen) atoms. The van der Waals surface area contributed by atoms with Gasteiger partial charge in [0.15, 0.2) is 0 Å². The van der Waals surface area contributed by atoms with Crippen LogP contribution in [0.1, 0.15) is 40.9 Å². The van der Waals surface area contributed by atoms with E-state index in [1.807, 2.05) is 19.1 Å². The molecule has 2 atom stereocenters. The molecule has 1 aliphatic heterocycles. The highest BCUT2D eigenvalue weighted by molar-refractivity contribution is 7.05. The standard InChI is InChI=1S/C14H17N3OS/c1-9-14(19-17-16-9)12(15)8-10-6-7-18-13-5-3-2-4-11(10)13/h2-5,10,12H,6-8,15H2,1H3. The smallest absolute Gasteiger partial charge is 0.122 e. The fraction of sp³-hybridized carbons (Fsp3) is 0.429. The number of hydrogen-bond donors (Lipinski definition) is 1. The van der Waals surface area contributed by atoms with Crippen LogP contribution in [0.3, 0.4) is 0 Å². The molecular weight excluding hydrogens is 258 g/mol. The van der Waals surface area contributed by atoms with Crippen LogP contribution in [0.4, 0.5) is 0 Å². The molecule has 5 heteroatoms. The molecule has 0 saturated heterocycles. The SMILES string of the molecule is Cc1nnsc1C(N)CC1CCOc2ccccc21. The lowest BCUT2D eigenvalue weighted by Gasteiger charge is -2.27. The van der Waals surface area contributed by atoms with Crippen LogP contribution in [-0.4, -0.2) is 16.2 Å². The molecule has 3 rings (SSSR count). The molecule has 1 aliphatic rings. The van der Waals surface area contributed by atoms with Crippen LogP contribution in [-0.2, 0) is 0 Å². The molecule has 0 amide bonds. The predicted molar refractivity (Wildman–Crippen MR) is 75.5 cm³/mol. The lowest BCUT2D eigenvalue weighted by atomic mass is 9.87. The number of benzene rings is 1. The molecule has 0 fully saturated rings. The first kappa shape index (κ1) is 12.6. The third kappa shape index (κ3) is 2.48. The van der Waals surface area contributed by atoms with E-state index in [0.29, 0.717) is 5.92 Å². The molecule has 1 aromatic heterocycles. The third-order valence-corrected chi connectivity index (χ3v) is 4.60. The second-order valence-corrected chi connectivity index (χ2v) is 5.72. The quantitative estimate of drug-likeness (QED) is 0.935. The van der Waals surface area contributed by atoms with E-state index in [1.54, 1.807) is 0 Å². The number of nitrogens with two attached hydrogens (primary N) is 1. The summed E-state index contributed by atoms with van der Waals surface area (Å²) < 4.78 is 9.65. The molecule has 100 valence electrons. The number of ether oxygens (including phenoxy) is 1. The van der Waals surface area contributed by atoms with Gasteiger partial charge in [-0.2, -0.15) is 0 Å². The first-order chi connectivity index (χ1) is 9.25. The molecule has 0 saturated carbocycles. The summed E-state index contributed by atoms with van der Waals surface area (Å²) in [7, 11) is 0. The van der Waals surface area contributed by atoms with E-state index in [2.05, 4.69) is 21.7 Å². The van der Waals surface area contributed by atoms with E-state index in [-0.39, 0.29) is 6.04 Å². The Hall–Kier alpha value is -1.46. The second kappa shape index (κ2) is 5.27. The van der Waals surface area contributed by atoms with Crippen molar-refractivity contribution in [2.45, 2.75) is 31.7 Å². The molecule has 2 heterocycles. The van der Waals surface area contributed by atoms with Gasteiger partial charge < -0.3 is 10.5 Å². The lowest BCUT2D eigenvalue weighted by Crippen LogP contribution is -2.20. The van der Waals surface area contributed by atoms with E-state index in [4.69, 9.17) is 10.5 Å². The van der Waals surface area contributed by atoms with Crippen molar-refractivity contribution in [1.82, 2.24) is 9.59 Å². The van der Waals surface area contributed by atoms with Crippen LogP contribution >= 0.6 is 11.5 Å². The number of aromatic nitrogens is 2. The van der Waals surface area contributed by atoms with Gasteiger partial charge in [-0.05, 0) is 48.8 Å². The highest BCUT2D eigenvalue weighted by atomic mass is 32.1. The number of aryl methyl sites for hydroxylation is 1. The van der Waals surface area contributed by atoms with Crippen molar-refractivity contribution in [2.75, 3.05) is 6.61 Å². The summed E-state index contributed by atoms with van der Waals surface area (Å²) in [5, 5.41) is 4.04. The van der Waals surface area contributed by atoms with Crippen LogP contribution in [0.25, 0.3) is 0 Å². The topological polar surface area (TPSA) is 61.0 Å². The van der Waals surface area contributed by atoms with Gasteiger partial charge in [0.1, 0.15) is 5.75 Å². The van der Waals surface area contributed by atoms with E-state index in [1.165, 1.54) is 17.1 Å². The zero-order chi connectivity index (χ0) is 13.2. The summed E-state index contributed by atoms with van der Waals surface area (Å²) in [5.74, 6) is 1.46. The van der Waals surface area contributed by atoms with Gasteiger partial charge in [-0.1, -0.05) is 22.7 Å². The van der Waals surface area contributed by atoms with Crippen molar-refractivity contribution in [3.8, 4) is 5.75 Å². The van der Waals surface area contributed by atoms with Gasteiger partial charge in [-0.25, -0.2) is 0 Å². The first-order valence-corrected chi connectivity index (χ1v) is 7.29. The van der Waals surface area contributed by atoms with Gasteiger partial charge in [0.2, 0.25) is 0 Å². The Morgan fingerprint density at radius 2 is 2.32 bits per heavy atom. The van der Waals surface area contributed by atoms with Gasteiger partial charge in [-0.3, -0.25) is 0 Å². The van der Waals surface area contributed by atoms with Crippen LogP contribution in [0.15, 0.2) is 24.3 Å². The molecule has 0 aliphatic carbocycles. The van der Waals surface area contributed by atoms with Crippen molar-refractivity contribution in [1.29, 1.82) is 0 Å². The van der Waals surface area contributed by atoms with Gasteiger partial charge in [0.05, 0.1) is 17.2 Å². The Bertz CT molecular complexity index is 569. The highest BCUT2D eigenvalue weighted by Crippen LogP contribution is 2.38. The molecule has 0 radical (unpaired) electrons. The molecule has 2 aromatic rings. The number of hydrogen-bond acceptors (Lipinski definition) is 5. The number of fused-ring (bicyclic) bond motifs is 1. The van der Waals surface area contributed by atoms with Crippen molar-refractivity contribution in [3.63, 3.8) is 0 Å². The zero-order valence-corrected chi connectivity index (χ0v) is 11.7. The molecular formula is C14H17N3OS. The first-order valence-electron chi connectivity index (χ1n) is 6.52. The predicted octanol–water partition coefficient (Wildman–Crippen LogP) is 2.80. The average Bonchev–Trinajstić information content (AvgIpc) is 2.85. The summed E-state index contributed by atoms with van der Waals surface area (Å²) in [4.78, 5) is 1.10. The normalized spacial score (nSPS) is 19.6. The summed E-state index contributed by atoms with van der Waals surface area (Å²) in [6.07, 6.45) is 1.95. The van der Waals surface area contributed by atoms with Crippen molar-refractivity contribution < 1.29 is 4.74 Å². The van der Waals surface area contributed by atoms with Crippen molar-refractivity contribution in [3.05, 3.63) is 40.4 Å². The molecule has 2 N–H and O–H groups in total. The van der Waals surface area contributed by atoms with Gasteiger partial charge in [-0.15, -0.1) is 5.10 Å². The summed E-state index contributed by atoms with van der Waals surface area (Å²) in [6.45, 7) is 2.74. The van der Waals surface area contributed by atoms with Crippen LogP contribution < -0.4 is 10.5 Å². The molecule has 0 bridgehead atoms. The molecule has 2 unspecified atom stereocenters. The minimum atomic E-state index is 0.0103. The number of rotatable bonds is 3.